The molecule has 2 heterocycles. The number of nitrogens with zero attached hydrogens (tertiary/aromatic N) is 4. The van der Waals surface area contributed by atoms with Crippen molar-refractivity contribution in [2.75, 3.05) is 18.0 Å². The van der Waals surface area contributed by atoms with Gasteiger partial charge in [-0.05, 0) is 30.2 Å². The molecule has 38 heavy (non-hydrogen) atoms. The minimum absolute atomic E-state index is 0.0345. The maximum Gasteiger partial charge on any atom is 0.491 e. The number of aromatic nitrogens is 1. The van der Waals surface area contributed by atoms with Crippen LogP contribution in [0.3, 0.4) is 0 Å². The van der Waals surface area contributed by atoms with Gasteiger partial charge in [-0.3, -0.25) is 4.79 Å². The van der Waals surface area contributed by atoms with Gasteiger partial charge < -0.3 is 21.1 Å². The first-order valence-corrected chi connectivity index (χ1v) is 12.1. The van der Waals surface area contributed by atoms with E-state index in [-0.39, 0.29) is 70.8 Å². The Morgan fingerprint density at radius 3 is 2.34 bits per heavy atom. The Morgan fingerprint density at radius 1 is 1.21 bits per heavy atom. The molecular formula is C24H22F4N6O3S. The molecule has 1 aromatic heterocycles. The summed E-state index contributed by atoms with van der Waals surface area (Å²) < 4.78 is 58.9. The van der Waals surface area contributed by atoms with Crippen LogP contribution in [-0.4, -0.2) is 48.3 Å². The number of amides is 1. The van der Waals surface area contributed by atoms with E-state index in [1.165, 1.54) is 35.2 Å². The summed E-state index contributed by atoms with van der Waals surface area (Å²) in [6.45, 7) is 1.59. The fourth-order valence-electron chi connectivity index (χ4n) is 3.97. The second kappa shape index (κ2) is 11.2. The van der Waals surface area contributed by atoms with Gasteiger partial charge in [0, 0.05) is 18.2 Å². The van der Waals surface area contributed by atoms with Gasteiger partial charge in [0.1, 0.15) is 29.2 Å². The van der Waals surface area contributed by atoms with E-state index in [9.17, 15) is 37.7 Å². The van der Waals surface area contributed by atoms with Crippen molar-refractivity contribution >= 4 is 29.5 Å². The molecule has 0 saturated carbocycles. The van der Waals surface area contributed by atoms with Crippen molar-refractivity contribution < 1.29 is 31.9 Å². The summed E-state index contributed by atoms with van der Waals surface area (Å²) in [6, 6.07) is 9.81. The van der Waals surface area contributed by atoms with E-state index in [2.05, 4.69) is 4.98 Å². The van der Waals surface area contributed by atoms with E-state index in [0.717, 1.165) is 0 Å². The van der Waals surface area contributed by atoms with Crippen LogP contribution in [0.1, 0.15) is 35.6 Å². The smallest absolute Gasteiger partial charge is 0.427 e. The lowest BCUT2D eigenvalue weighted by atomic mass is 9.99. The third kappa shape index (κ3) is 5.51. The molecule has 14 heteroatoms. The standard InChI is InChI=1S/C24H22F4N6O3S/c1-2-14-15(10-29)19(34-9-8-18(31)17(25)12-34)33-20(16(14)11-30)38-23(21(32)35,13-6-4-3-5-7-13)37-22(36)24(26,27)28/h3-7,17-18H,2,8-9,12,31H2,1H3,(H2,32,35)/t17-,18+,23+/m0/s1. The van der Waals surface area contributed by atoms with Crippen molar-refractivity contribution in [3.8, 4) is 12.1 Å². The van der Waals surface area contributed by atoms with Gasteiger partial charge >= 0.3 is 12.1 Å². The Hall–Kier alpha value is -3.88. The highest BCUT2D eigenvalue weighted by Gasteiger charge is 2.52. The number of primary amides is 1. The van der Waals surface area contributed by atoms with Gasteiger partial charge in [-0.25, -0.2) is 14.2 Å². The van der Waals surface area contributed by atoms with Crippen molar-refractivity contribution in [3.05, 3.63) is 52.6 Å². The topological polar surface area (TPSA) is 159 Å². The van der Waals surface area contributed by atoms with Crippen LogP contribution in [0.15, 0.2) is 35.4 Å². The van der Waals surface area contributed by atoms with Crippen LogP contribution in [0.25, 0.3) is 0 Å². The quantitative estimate of drug-likeness (QED) is 0.229. The zero-order chi connectivity index (χ0) is 28.3. The molecule has 1 aromatic carbocycles. The first kappa shape index (κ1) is 28.7. The number of ether oxygens (including phenoxy) is 1. The van der Waals surface area contributed by atoms with E-state index in [0.29, 0.717) is 0 Å². The zero-order valence-corrected chi connectivity index (χ0v) is 20.8. The van der Waals surface area contributed by atoms with Crippen LogP contribution in [0, 0.1) is 22.7 Å². The van der Waals surface area contributed by atoms with Crippen LogP contribution in [0.4, 0.5) is 23.4 Å². The molecule has 200 valence electrons. The number of nitrogens with two attached hydrogens (primary N) is 2. The molecule has 0 unspecified atom stereocenters. The molecule has 9 nitrogen and oxygen atoms in total. The van der Waals surface area contributed by atoms with Gasteiger partial charge in [0.15, 0.2) is 0 Å². The van der Waals surface area contributed by atoms with Gasteiger partial charge in [0.25, 0.3) is 10.8 Å². The zero-order valence-electron chi connectivity index (χ0n) is 20.0. The number of halogens is 4. The van der Waals surface area contributed by atoms with E-state index in [4.69, 9.17) is 16.2 Å². The summed E-state index contributed by atoms with van der Waals surface area (Å²) in [6.07, 6.45) is -6.61. The van der Waals surface area contributed by atoms with Crippen molar-refractivity contribution in [2.45, 2.75) is 48.1 Å². The predicted octanol–water partition coefficient (Wildman–Crippen LogP) is 2.80. The number of esters is 1. The number of carbonyl (C=O) groups excluding carboxylic acids is 2. The number of anilines is 1. The molecule has 4 N–H and O–H groups in total. The normalized spacial score (nSPS) is 19.1. The summed E-state index contributed by atoms with van der Waals surface area (Å²) in [5, 5.41) is 19.5. The molecule has 3 atom stereocenters. The summed E-state index contributed by atoms with van der Waals surface area (Å²) >= 11 is 0.216. The molecule has 1 amide bonds. The Balaban J connectivity index is 2.28. The molecular weight excluding hydrogens is 528 g/mol. The van der Waals surface area contributed by atoms with Gasteiger partial charge in [-0.1, -0.05) is 37.3 Å². The summed E-state index contributed by atoms with van der Waals surface area (Å²) in [5.41, 5.74) is 11.0. The average Bonchev–Trinajstić information content (AvgIpc) is 2.88. The molecule has 1 aliphatic heterocycles. The largest absolute Gasteiger partial charge is 0.491 e. The third-order valence-electron chi connectivity index (χ3n) is 5.90. The SMILES string of the molecule is CCc1c(C#N)c(S[C@@](OC(=O)C(F)(F)F)(C(N)=O)c2ccccc2)nc(N2CC[C@@H](N)[C@@H](F)C2)c1C#N. The number of carbonyl (C=O) groups is 2. The Bertz CT molecular complexity index is 1310. The number of hydrogen-bond donors (Lipinski definition) is 2. The van der Waals surface area contributed by atoms with Gasteiger partial charge in [0.05, 0.1) is 17.7 Å². The number of piperidine rings is 1. The lowest BCUT2D eigenvalue weighted by molar-refractivity contribution is -0.208. The minimum Gasteiger partial charge on any atom is -0.427 e. The minimum atomic E-state index is -5.48. The third-order valence-corrected chi connectivity index (χ3v) is 7.20. The second-order valence-corrected chi connectivity index (χ2v) is 9.46. The Morgan fingerprint density at radius 2 is 1.84 bits per heavy atom. The van der Waals surface area contributed by atoms with Crippen LogP contribution >= 0.6 is 11.8 Å². The van der Waals surface area contributed by atoms with Crippen molar-refractivity contribution in [1.29, 1.82) is 10.5 Å². The highest BCUT2D eigenvalue weighted by atomic mass is 32.2. The van der Waals surface area contributed by atoms with Crippen LogP contribution in [0.5, 0.6) is 0 Å². The van der Waals surface area contributed by atoms with Crippen molar-refractivity contribution in [3.63, 3.8) is 0 Å². The van der Waals surface area contributed by atoms with Crippen molar-refractivity contribution in [2.24, 2.45) is 11.5 Å². The first-order valence-electron chi connectivity index (χ1n) is 11.3. The molecule has 0 spiro atoms. The lowest BCUT2D eigenvalue weighted by Gasteiger charge is -2.35. The lowest BCUT2D eigenvalue weighted by Crippen LogP contribution is -2.49. The van der Waals surface area contributed by atoms with Crippen LogP contribution in [0.2, 0.25) is 0 Å². The highest BCUT2D eigenvalue weighted by Crippen LogP contribution is 2.46. The van der Waals surface area contributed by atoms with E-state index >= 15 is 0 Å². The maximum atomic E-state index is 14.5. The van der Waals surface area contributed by atoms with Crippen LogP contribution < -0.4 is 16.4 Å². The van der Waals surface area contributed by atoms with E-state index < -0.39 is 35.2 Å². The number of pyridine rings is 1. The molecule has 0 bridgehead atoms. The van der Waals surface area contributed by atoms with E-state index in [1.54, 1.807) is 6.92 Å². The number of rotatable bonds is 7. The van der Waals surface area contributed by atoms with Gasteiger partial charge in [0.2, 0.25) is 0 Å². The van der Waals surface area contributed by atoms with Crippen molar-refractivity contribution in [1.82, 2.24) is 4.98 Å². The molecule has 1 aliphatic rings. The summed E-state index contributed by atoms with van der Waals surface area (Å²) in [7, 11) is 0. The summed E-state index contributed by atoms with van der Waals surface area (Å²) in [5.74, 6) is -4.22. The fourth-order valence-corrected chi connectivity index (χ4v) is 5.11. The Kier molecular flexibility index (Phi) is 8.49. The first-order chi connectivity index (χ1) is 17.9. The second-order valence-electron chi connectivity index (χ2n) is 8.30. The molecule has 3 rings (SSSR count). The molecule has 1 saturated heterocycles. The van der Waals surface area contributed by atoms with Gasteiger partial charge in [-0.15, -0.1) is 0 Å². The molecule has 0 aliphatic carbocycles. The maximum absolute atomic E-state index is 14.5. The Labute approximate surface area is 219 Å². The fraction of sp³-hybridized carbons (Fsp3) is 0.375. The van der Waals surface area contributed by atoms with Gasteiger partial charge in [-0.2, -0.15) is 23.7 Å². The predicted molar refractivity (Wildman–Crippen MR) is 128 cm³/mol. The van der Waals surface area contributed by atoms with E-state index in [1.807, 2.05) is 12.1 Å². The number of benzene rings is 1. The number of thioether (sulfide) groups is 1. The molecule has 1 fully saturated rings. The molecule has 2 aromatic rings. The van der Waals surface area contributed by atoms with Crippen LogP contribution in [-0.2, 0) is 25.7 Å². The molecule has 0 radical (unpaired) electrons. The number of alkyl halides is 4. The average molecular weight is 551 g/mol. The number of hydrogen-bond acceptors (Lipinski definition) is 9. The number of nitriles is 2. The highest BCUT2D eigenvalue weighted by molar-refractivity contribution is 8.00. The summed E-state index contributed by atoms with van der Waals surface area (Å²) in [4.78, 5) is 27.7. The monoisotopic (exact) mass is 550 g/mol.